The summed E-state index contributed by atoms with van der Waals surface area (Å²) in [5.74, 6) is 0.591. The van der Waals surface area contributed by atoms with Crippen molar-refractivity contribution >= 4 is 17.6 Å². The van der Waals surface area contributed by atoms with Crippen molar-refractivity contribution in [2.45, 2.75) is 59.3 Å². The zero-order valence-electron chi connectivity index (χ0n) is 18.9. The van der Waals surface area contributed by atoms with E-state index in [2.05, 4.69) is 32.8 Å². The second kappa shape index (κ2) is 11.2. The molecule has 9 nitrogen and oxygen atoms in total. The van der Waals surface area contributed by atoms with Crippen LogP contribution in [0, 0.1) is 13.8 Å². The first-order valence-electron chi connectivity index (χ1n) is 11.0. The molecule has 3 rings (SSSR count). The number of hydrazine groups is 1. The number of rotatable bonds is 10. The first-order valence-corrected chi connectivity index (χ1v) is 11.0. The molecule has 170 valence electrons. The van der Waals surface area contributed by atoms with Gasteiger partial charge in [0.15, 0.2) is 0 Å². The number of hydrogen-bond acceptors (Lipinski definition) is 6. The van der Waals surface area contributed by atoms with Gasteiger partial charge in [-0.2, -0.15) is 10.1 Å². The summed E-state index contributed by atoms with van der Waals surface area (Å²) in [6.07, 6.45) is 6.70. The van der Waals surface area contributed by atoms with Gasteiger partial charge in [-0.15, -0.1) is 0 Å². The van der Waals surface area contributed by atoms with Crippen molar-refractivity contribution < 1.29 is 14.3 Å². The highest BCUT2D eigenvalue weighted by atomic mass is 16.5. The number of aryl methyl sites for hydroxylation is 2. The Labute approximate surface area is 187 Å². The molecule has 2 amide bonds. The number of hydrogen-bond donors (Lipinski definition) is 2. The molecule has 0 aliphatic heterocycles. The van der Waals surface area contributed by atoms with Gasteiger partial charge in [0.1, 0.15) is 12.1 Å². The average Bonchev–Trinajstić information content (AvgIpc) is 3.26. The van der Waals surface area contributed by atoms with Gasteiger partial charge in [-0.1, -0.05) is 26.2 Å². The minimum atomic E-state index is -0.383. The molecule has 9 heteroatoms. The van der Waals surface area contributed by atoms with Crippen LogP contribution in [0.2, 0.25) is 0 Å². The number of carbonyl (C=O) groups excluding carboxylic acids is 2. The van der Waals surface area contributed by atoms with Crippen molar-refractivity contribution in [1.29, 1.82) is 0 Å². The Kier molecular flexibility index (Phi) is 8.13. The third-order valence-electron chi connectivity index (χ3n) is 5.29. The smallest absolute Gasteiger partial charge is 0.269 e. The number of unbranched alkanes of at least 4 members (excludes halogenated alkanes) is 3. The summed E-state index contributed by atoms with van der Waals surface area (Å²) < 4.78 is 7.34. The van der Waals surface area contributed by atoms with E-state index >= 15 is 0 Å². The fourth-order valence-corrected chi connectivity index (χ4v) is 3.44. The van der Waals surface area contributed by atoms with Crippen LogP contribution >= 0.6 is 0 Å². The lowest BCUT2D eigenvalue weighted by atomic mass is 10.1. The summed E-state index contributed by atoms with van der Waals surface area (Å²) in [6.45, 7) is 6.64. The number of fused-ring (bicyclic) bond motifs is 1. The molecule has 0 fully saturated rings. The zero-order valence-corrected chi connectivity index (χ0v) is 18.9. The topological polar surface area (TPSA) is 111 Å². The van der Waals surface area contributed by atoms with Gasteiger partial charge in [0.2, 0.25) is 5.91 Å². The van der Waals surface area contributed by atoms with E-state index in [1.54, 1.807) is 28.8 Å². The highest BCUT2D eigenvalue weighted by molar-refractivity contribution is 5.95. The van der Waals surface area contributed by atoms with Crippen molar-refractivity contribution in [2.75, 3.05) is 6.61 Å². The average molecular weight is 439 g/mol. The molecule has 0 aliphatic carbocycles. The van der Waals surface area contributed by atoms with Crippen LogP contribution in [0.1, 0.15) is 66.3 Å². The van der Waals surface area contributed by atoms with Gasteiger partial charge >= 0.3 is 0 Å². The van der Waals surface area contributed by atoms with Crippen LogP contribution in [0.3, 0.4) is 0 Å². The molecule has 2 aromatic heterocycles. The van der Waals surface area contributed by atoms with Crippen LogP contribution in [-0.4, -0.2) is 38.0 Å². The highest BCUT2D eigenvalue weighted by Gasteiger charge is 2.13. The lowest BCUT2D eigenvalue weighted by Gasteiger charge is -2.11. The monoisotopic (exact) mass is 438 g/mol. The largest absolute Gasteiger partial charge is 0.494 e. The Morgan fingerprint density at radius 1 is 1.06 bits per heavy atom. The summed E-state index contributed by atoms with van der Waals surface area (Å²) in [5, 5.41) is 4.15. The van der Waals surface area contributed by atoms with Crippen LogP contribution in [0.15, 0.2) is 30.6 Å². The van der Waals surface area contributed by atoms with Crippen molar-refractivity contribution in [3.8, 4) is 5.75 Å². The Morgan fingerprint density at radius 3 is 2.59 bits per heavy atom. The molecule has 0 spiro atoms. The molecule has 32 heavy (non-hydrogen) atoms. The van der Waals surface area contributed by atoms with Crippen molar-refractivity contribution in [1.82, 2.24) is 30.4 Å². The van der Waals surface area contributed by atoms with Crippen molar-refractivity contribution in [2.24, 2.45) is 0 Å². The number of amides is 2. The predicted octanol–water partition coefficient (Wildman–Crippen LogP) is 3.09. The van der Waals surface area contributed by atoms with Gasteiger partial charge in [-0.05, 0) is 56.5 Å². The molecule has 1 aromatic carbocycles. The minimum Gasteiger partial charge on any atom is -0.494 e. The molecule has 0 bridgehead atoms. The molecule has 2 N–H and O–H groups in total. The van der Waals surface area contributed by atoms with E-state index in [0.29, 0.717) is 24.4 Å². The van der Waals surface area contributed by atoms with Gasteiger partial charge in [-0.3, -0.25) is 20.4 Å². The lowest BCUT2D eigenvalue weighted by Crippen LogP contribution is -2.41. The molecule has 2 heterocycles. The van der Waals surface area contributed by atoms with Gasteiger partial charge in [0.05, 0.1) is 6.61 Å². The molecular weight excluding hydrogens is 408 g/mol. The second-order valence-electron chi connectivity index (χ2n) is 7.67. The standard InChI is InChI=1S/C23H30N6O3/c1-4-5-6-7-14-32-19-10-8-18(9-11-19)22(31)28-27-21(30)13-12-20-16(2)26-23-24-15-25-29(23)17(20)3/h8-11,15H,4-7,12-14H2,1-3H3,(H,27,30)(H,28,31). The second-order valence-corrected chi connectivity index (χ2v) is 7.67. The predicted molar refractivity (Wildman–Crippen MR) is 120 cm³/mol. The Hall–Kier alpha value is -3.49. The number of aromatic nitrogens is 4. The molecule has 0 radical (unpaired) electrons. The Balaban J connectivity index is 1.44. The first-order chi connectivity index (χ1) is 15.5. The molecule has 0 saturated carbocycles. The SMILES string of the molecule is CCCCCCOc1ccc(C(=O)NNC(=O)CCc2c(C)nc3ncnn3c2C)cc1. The molecule has 0 saturated heterocycles. The van der Waals surface area contributed by atoms with Gasteiger partial charge in [0.25, 0.3) is 11.7 Å². The summed E-state index contributed by atoms with van der Waals surface area (Å²) in [7, 11) is 0. The molecule has 3 aromatic rings. The van der Waals surface area contributed by atoms with Crippen molar-refractivity contribution in [3.05, 3.63) is 53.1 Å². The van der Waals surface area contributed by atoms with Gasteiger partial charge in [0, 0.05) is 23.4 Å². The lowest BCUT2D eigenvalue weighted by molar-refractivity contribution is -0.121. The van der Waals surface area contributed by atoms with Crippen molar-refractivity contribution in [3.63, 3.8) is 0 Å². The number of benzene rings is 1. The van der Waals surface area contributed by atoms with Crippen LogP contribution in [0.5, 0.6) is 5.75 Å². The minimum absolute atomic E-state index is 0.203. The third kappa shape index (κ3) is 6.03. The molecular formula is C23H30N6O3. The van der Waals surface area contributed by atoms with E-state index in [0.717, 1.165) is 35.5 Å². The molecule has 0 aliphatic rings. The van der Waals surface area contributed by atoms with Crippen LogP contribution in [0.4, 0.5) is 0 Å². The van der Waals surface area contributed by atoms with Gasteiger partial charge < -0.3 is 4.74 Å². The molecule has 0 unspecified atom stereocenters. The zero-order chi connectivity index (χ0) is 22.9. The number of nitrogens with zero attached hydrogens (tertiary/aromatic N) is 4. The number of carbonyl (C=O) groups is 2. The maximum absolute atomic E-state index is 12.3. The quantitative estimate of drug-likeness (QED) is 0.372. The summed E-state index contributed by atoms with van der Waals surface area (Å²) in [4.78, 5) is 33.0. The highest BCUT2D eigenvalue weighted by Crippen LogP contribution is 2.15. The molecule has 0 atom stereocenters. The van der Waals surface area contributed by atoms with E-state index in [4.69, 9.17) is 4.74 Å². The number of ether oxygens (including phenoxy) is 1. The Bertz CT molecular complexity index is 1060. The normalized spacial score (nSPS) is 10.8. The van der Waals surface area contributed by atoms with E-state index in [9.17, 15) is 9.59 Å². The van der Waals surface area contributed by atoms with Crippen LogP contribution in [0.25, 0.3) is 5.78 Å². The van der Waals surface area contributed by atoms with E-state index in [-0.39, 0.29) is 18.2 Å². The fourth-order valence-electron chi connectivity index (χ4n) is 3.44. The van der Waals surface area contributed by atoms with E-state index < -0.39 is 0 Å². The van der Waals surface area contributed by atoms with E-state index in [1.807, 2.05) is 13.8 Å². The number of nitrogens with one attached hydrogen (secondary N) is 2. The van der Waals surface area contributed by atoms with Gasteiger partial charge in [-0.25, -0.2) is 9.50 Å². The Morgan fingerprint density at radius 2 is 1.84 bits per heavy atom. The van der Waals surface area contributed by atoms with E-state index in [1.165, 1.54) is 19.2 Å². The van der Waals surface area contributed by atoms with Crippen LogP contribution < -0.4 is 15.6 Å². The summed E-state index contributed by atoms with van der Waals surface area (Å²) >= 11 is 0. The summed E-state index contributed by atoms with van der Waals surface area (Å²) in [5.41, 5.74) is 8.01. The first kappa shape index (κ1) is 23.2. The fraction of sp³-hybridized carbons (Fsp3) is 0.435. The third-order valence-corrected chi connectivity index (χ3v) is 5.29. The maximum Gasteiger partial charge on any atom is 0.269 e. The maximum atomic E-state index is 12.3. The summed E-state index contributed by atoms with van der Waals surface area (Å²) in [6, 6.07) is 6.87. The van der Waals surface area contributed by atoms with Crippen LogP contribution in [-0.2, 0) is 11.2 Å².